The Morgan fingerprint density at radius 1 is 1.38 bits per heavy atom. The van der Waals surface area contributed by atoms with Gasteiger partial charge in [0.25, 0.3) is 0 Å². The summed E-state index contributed by atoms with van der Waals surface area (Å²) in [6.45, 7) is 7.83. The molecule has 1 aromatic carbocycles. The maximum absolute atomic E-state index is 8.97. The predicted octanol–water partition coefficient (Wildman–Crippen LogP) is 2.39. The fourth-order valence-corrected chi connectivity index (χ4v) is 2.87. The number of benzene rings is 1. The largest absolute Gasteiger partial charge is 0.495 e. The zero-order valence-electron chi connectivity index (χ0n) is 13.1. The molecule has 4 heteroatoms. The van der Waals surface area contributed by atoms with Gasteiger partial charge in [-0.15, -0.1) is 0 Å². The zero-order chi connectivity index (χ0) is 15.1. The Morgan fingerprint density at radius 2 is 2.14 bits per heavy atom. The van der Waals surface area contributed by atoms with Gasteiger partial charge in [0, 0.05) is 13.1 Å². The Morgan fingerprint density at radius 3 is 2.81 bits per heavy atom. The lowest BCUT2D eigenvalue weighted by Gasteiger charge is -2.20. The summed E-state index contributed by atoms with van der Waals surface area (Å²) in [6.07, 6.45) is 2.70. The van der Waals surface area contributed by atoms with Gasteiger partial charge in [-0.05, 0) is 56.1 Å². The highest BCUT2D eigenvalue weighted by Gasteiger charge is 2.14. The van der Waals surface area contributed by atoms with E-state index in [0.717, 1.165) is 18.7 Å². The first-order chi connectivity index (χ1) is 10.2. The quantitative estimate of drug-likeness (QED) is 0.836. The first kappa shape index (κ1) is 15.8. The molecule has 1 atom stereocenters. The molecule has 1 fully saturated rings. The maximum atomic E-state index is 8.97. The fraction of sp³-hybridized carbons (Fsp3) is 0.588. The lowest BCUT2D eigenvalue weighted by Crippen LogP contribution is -2.31. The molecular formula is C17H25N3O. The van der Waals surface area contributed by atoms with Gasteiger partial charge >= 0.3 is 0 Å². The Balaban J connectivity index is 1.76. The van der Waals surface area contributed by atoms with Crippen LogP contribution in [-0.4, -0.2) is 38.2 Å². The van der Waals surface area contributed by atoms with Gasteiger partial charge in [-0.1, -0.05) is 13.0 Å². The number of nitrogens with zero attached hydrogens (tertiary/aromatic N) is 2. The van der Waals surface area contributed by atoms with Crippen LogP contribution in [0.25, 0.3) is 0 Å². The van der Waals surface area contributed by atoms with Gasteiger partial charge in [-0.25, -0.2) is 0 Å². The minimum atomic E-state index is 0.587. The first-order valence-electron chi connectivity index (χ1n) is 7.73. The van der Waals surface area contributed by atoms with Crippen molar-refractivity contribution in [2.24, 2.45) is 5.92 Å². The summed E-state index contributed by atoms with van der Waals surface area (Å²) >= 11 is 0. The van der Waals surface area contributed by atoms with Crippen LogP contribution in [0.5, 0.6) is 5.75 Å². The highest BCUT2D eigenvalue weighted by atomic mass is 16.5. The van der Waals surface area contributed by atoms with Crippen molar-refractivity contribution in [2.45, 2.75) is 26.3 Å². The van der Waals surface area contributed by atoms with E-state index in [4.69, 9.17) is 10.00 Å². The van der Waals surface area contributed by atoms with Gasteiger partial charge in [0.05, 0.1) is 12.7 Å². The SMILES string of the molecule is COc1cc(CNCC(C)CN2CCCC2)ccc1C#N. The number of hydrogen-bond acceptors (Lipinski definition) is 4. The normalized spacial score (nSPS) is 16.6. The third kappa shape index (κ3) is 4.73. The average molecular weight is 287 g/mol. The molecule has 114 valence electrons. The van der Waals surface area contributed by atoms with E-state index in [1.165, 1.54) is 32.5 Å². The third-order valence-corrected chi connectivity index (χ3v) is 3.98. The van der Waals surface area contributed by atoms with Gasteiger partial charge < -0.3 is 15.0 Å². The van der Waals surface area contributed by atoms with Crippen LogP contribution in [0.1, 0.15) is 30.9 Å². The minimum Gasteiger partial charge on any atom is -0.495 e. The Hall–Kier alpha value is -1.57. The van der Waals surface area contributed by atoms with E-state index in [9.17, 15) is 0 Å². The molecule has 0 saturated carbocycles. The lowest BCUT2D eigenvalue weighted by atomic mass is 10.1. The molecule has 0 aliphatic carbocycles. The number of methoxy groups -OCH3 is 1. The molecule has 0 aromatic heterocycles. The van der Waals surface area contributed by atoms with Crippen molar-refractivity contribution in [3.63, 3.8) is 0 Å². The standard InChI is InChI=1S/C17H25N3O/c1-14(13-20-7-3-4-8-20)11-19-12-15-5-6-16(10-18)17(9-15)21-2/h5-6,9,14,19H,3-4,7-8,11-13H2,1-2H3. The summed E-state index contributed by atoms with van der Waals surface area (Å²) in [5.74, 6) is 1.31. The molecule has 0 spiro atoms. The molecule has 1 unspecified atom stereocenters. The van der Waals surface area contributed by atoms with Gasteiger partial charge in [-0.2, -0.15) is 5.26 Å². The molecule has 1 aliphatic heterocycles. The second kappa shape index (κ2) is 8.02. The summed E-state index contributed by atoms with van der Waals surface area (Å²) in [6, 6.07) is 7.89. The summed E-state index contributed by atoms with van der Waals surface area (Å²) in [7, 11) is 1.60. The van der Waals surface area contributed by atoms with Crippen LogP contribution >= 0.6 is 0 Å². The minimum absolute atomic E-state index is 0.587. The summed E-state index contributed by atoms with van der Waals surface area (Å²) in [5, 5.41) is 12.5. The van der Waals surface area contributed by atoms with E-state index in [1.54, 1.807) is 7.11 Å². The molecule has 4 nitrogen and oxygen atoms in total. The topological polar surface area (TPSA) is 48.3 Å². The second-order valence-electron chi connectivity index (χ2n) is 5.89. The number of ether oxygens (including phenoxy) is 1. The smallest absolute Gasteiger partial charge is 0.136 e. The monoisotopic (exact) mass is 287 g/mol. The van der Waals surface area contributed by atoms with Crippen molar-refractivity contribution in [2.75, 3.05) is 33.3 Å². The summed E-state index contributed by atoms with van der Waals surface area (Å²) in [4.78, 5) is 2.55. The van der Waals surface area contributed by atoms with Crippen molar-refractivity contribution < 1.29 is 4.74 Å². The highest BCUT2D eigenvalue weighted by molar-refractivity contribution is 5.45. The second-order valence-corrected chi connectivity index (χ2v) is 5.89. The fourth-order valence-electron chi connectivity index (χ4n) is 2.87. The molecule has 2 rings (SSSR count). The van der Waals surface area contributed by atoms with Crippen LogP contribution < -0.4 is 10.1 Å². The molecule has 1 aromatic rings. The van der Waals surface area contributed by atoms with Crippen molar-refractivity contribution >= 4 is 0 Å². The molecule has 0 amide bonds. The van der Waals surface area contributed by atoms with E-state index in [1.807, 2.05) is 18.2 Å². The van der Waals surface area contributed by atoms with Crippen LogP contribution in [0.2, 0.25) is 0 Å². The third-order valence-electron chi connectivity index (χ3n) is 3.98. The number of likely N-dealkylation sites (tertiary alicyclic amines) is 1. The highest BCUT2D eigenvalue weighted by Crippen LogP contribution is 2.19. The molecule has 1 heterocycles. The Labute approximate surface area is 127 Å². The molecule has 1 saturated heterocycles. The molecule has 0 radical (unpaired) electrons. The average Bonchev–Trinajstić information content (AvgIpc) is 2.99. The van der Waals surface area contributed by atoms with Gasteiger partial charge in [0.1, 0.15) is 11.8 Å². The van der Waals surface area contributed by atoms with Crippen LogP contribution in [0.4, 0.5) is 0 Å². The van der Waals surface area contributed by atoms with E-state index in [0.29, 0.717) is 17.2 Å². The molecule has 1 N–H and O–H groups in total. The van der Waals surface area contributed by atoms with Gasteiger partial charge in [0.15, 0.2) is 0 Å². The van der Waals surface area contributed by atoms with E-state index >= 15 is 0 Å². The van der Waals surface area contributed by atoms with Crippen molar-refractivity contribution in [1.29, 1.82) is 5.26 Å². The molecule has 0 bridgehead atoms. The Bertz CT molecular complexity index is 489. The van der Waals surface area contributed by atoms with Crippen LogP contribution in [0.15, 0.2) is 18.2 Å². The predicted molar refractivity (Wildman–Crippen MR) is 84.3 cm³/mol. The first-order valence-corrected chi connectivity index (χ1v) is 7.73. The van der Waals surface area contributed by atoms with E-state index < -0.39 is 0 Å². The summed E-state index contributed by atoms with van der Waals surface area (Å²) in [5.41, 5.74) is 1.74. The molecule has 1 aliphatic rings. The van der Waals surface area contributed by atoms with Crippen molar-refractivity contribution in [3.05, 3.63) is 29.3 Å². The van der Waals surface area contributed by atoms with Crippen molar-refractivity contribution in [1.82, 2.24) is 10.2 Å². The van der Waals surface area contributed by atoms with Crippen LogP contribution in [0, 0.1) is 17.2 Å². The Kier molecular flexibility index (Phi) is 6.04. The van der Waals surface area contributed by atoms with Crippen LogP contribution in [0.3, 0.4) is 0 Å². The van der Waals surface area contributed by atoms with Gasteiger partial charge in [-0.3, -0.25) is 0 Å². The molecule has 21 heavy (non-hydrogen) atoms. The van der Waals surface area contributed by atoms with E-state index in [2.05, 4.69) is 23.2 Å². The maximum Gasteiger partial charge on any atom is 0.136 e. The lowest BCUT2D eigenvalue weighted by molar-refractivity contribution is 0.282. The number of hydrogen-bond donors (Lipinski definition) is 1. The number of rotatable bonds is 7. The van der Waals surface area contributed by atoms with Gasteiger partial charge in [0.2, 0.25) is 0 Å². The zero-order valence-corrected chi connectivity index (χ0v) is 13.1. The van der Waals surface area contributed by atoms with E-state index in [-0.39, 0.29) is 0 Å². The number of nitriles is 1. The van der Waals surface area contributed by atoms with Crippen molar-refractivity contribution in [3.8, 4) is 11.8 Å². The summed E-state index contributed by atoms with van der Waals surface area (Å²) < 4.78 is 5.24. The number of nitrogens with one attached hydrogen (secondary N) is 1. The molecular weight excluding hydrogens is 262 g/mol. The van der Waals surface area contributed by atoms with Crippen LogP contribution in [-0.2, 0) is 6.54 Å².